The summed E-state index contributed by atoms with van der Waals surface area (Å²) in [5.41, 5.74) is 6.68. The summed E-state index contributed by atoms with van der Waals surface area (Å²) in [6.07, 6.45) is 0. The van der Waals surface area contributed by atoms with Crippen molar-refractivity contribution < 1.29 is 19.1 Å². The molecule has 2 aromatic carbocycles. The number of benzene rings is 2. The van der Waals surface area contributed by atoms with E-state index in [1.165, 1.54) is 0 Å². The molecule has 0 saturated carbocycles. The third-order valence-corrected chi connectivity index (χ3v) is 3.51. The molecule has 6 nitrogen and oxygen atoms in total. The fourth-order valence-electron chi connectivity index (χ4n) is 2.18. The SMILES string of the molecule is Cc1cccc(OCCN(C)C(=O)c2ccc(OCC(N)=O)cc2)c1. The van der Waals surface area contributed by atoms with Crippen LogP contribution in [-0.2, 0) is 4.79 Å². The molecule has 0 heterocycles. The summed E-state index contributed by atoms with van der Waals surface area (Å²) >= 11 is 0. The van der Waals surface area contributed by atoms with E-state index in [9.17, 15) is 9.59 Å². The van der Waals surface area contributed by atoms with Crippen molar-refractivity contribution in [2.75, 3.05) is 26.8 Å². The number of amides is 2. The van der Waals surface area contributed by atoms with Crippen LogP contribution in [-0.4, -0.2) is 43.5 Å². The number of aryl methyl sites for hydroxylation is 1. The molecule has 0 bridgehead atoms. The van der Waals surface area contributed by atoms with Crippen LogP contribution < -0.4 is 15.2 Å². The van der Waals surface area contributed by atoms with E-state index < -0.39 is 5.91 Å². The van der Waals surface area contributed by atoms with Crippen LogP contribution in [0.3, 0.4) is 0 Å². The van der Waals surface area contributed by atoms with E-state index in [-0.39, 0.29) is 12.5 Å². The van der Waals surface area contributed by atoms with Crippen molar-refractivity contribution in [3.63, 3.8) is 0 Å². The highest BCUT2D eigenvalue weighted by Crippen LogP contribution is 2.14. The Bertz CT molecular complexity index is 728. The van der Waals surface area contributed by atoms with Gasteiger partial charge in [-0.25, -0.2) is 0 Å². The third kappa shape index (κ3) is 5.84. The predicted octanol–water partition coefficient (Wildman–Crippen LogP) is 2.01. The van der Waals surface area contributed by atoms with E-state index in [2.05, 4.69) is 0 Å². The summed E-state index contributed by atoms with van der Waals surface area (Å²) in [7, 11) is 1.72. The first-order valence-corrected chi connectivity index (χ1v) is 7.92. The van der Waals surface area contributed by atoms with Gasteiger partial charge in [0.1, 0.15) is 18.1 Å². The summed E-state index contributed by atoms with van der Waals surface area (Å²) in [4.78, 5) is 24.6. The standard InChI is InChI=1S/C19H22N2O4/c1-14-4-3-5-17(12-14)24-11-10-21(2)19(23)15-6-8-16(9-7-15)25-13-18(20)22/h3-9,12H,10-11,13H2,1-2H3,(H2,20,22). The molecular formula is C19H22N2O4. The molecule has 0 fully saturated rings. The van der Waals surface area contributed by atoms with Crippen LogP contribution in [0.4, 0.5) is 0 Å². The molecule has 2 rings (SSSR count). The van der Waals surface area contributed by atoms with Gasteiger partial charge in [-0.05, 0) is 48.9 Å². The van der Waals surface area contributed by atoms with Crippen LogP contribution in [0.25, 0.3) is 0 Å². The molecule has 0 atom stereocenters. The number of nitrogens with two attached hydrogens (primary N) is 1. The Morgan fingerprint density at radius 1 is 1.04 bits per heavy atom. The average Bonchev–Trinajstić information content (AvgIpc) is 2.59. The molecule has 0 aromatic heterocycles. The zero-order chi connectivity index (χ0) is 18.2. The zero-order valence-electron chi connectivity index (χ0n) is 14.4. The minimum absolute atomic E-state index is 0.116. The normalized spacial score (nSPS) is 10.2. The Morgan fingerprint density at radius 3 is 2.40 bits per heavy atom. The molecule has 25 heavy (non-hydrogen) atoms. The number of carbonyl (C=O) groups excluding carboxylic acids is 2. The van der Waals surface area contributed by atoms with Gasteiger partial charge in [0.2, 0.25) is 0 Å². The van der Waals surface area contributed by atoms with Crippen molar-refractivity contribution in [2.45, 2.75) is 6.92 Å². The second-order valence-corrected chi connectivity index (χ2v) is 5.67. The average molecular weight is 342 g/mol. The van der Waals surface area contributed by atoms with Gasteiger partial charge in [0, 0.05) is 12.6 Å². The maximum Gasteiger partial charge on any atom is 0.255 e. The molecule has 0 aliphatic carbocycles. The summed E-state index contributed by atoms with van der Waals surface area (Å²) in [5, 5.41) is 0. The molecule has 0 radical (unpaired) electrons. The van der Waals surface area contributed by atoms with Gasteiger partial charge in [-0.1, -0.05) is 12.1 Å². The van der Waals surface area contributed by atoms with E-state index in [0.29, 0.717) is 24.5 Å². The summed E-state index contributed by atoms with van der Waals surface area (Å²) in [5.74, 6) is 0.611. The molecule has 0 spiro atoms. The fourth-order valence-corrected chi connectivity index (χ4v) is 2.18. The van der Waals surface area contributed by atoms with Crippen LogP contribution in [0.15, 0.2) is 48.5 Å². The molecule has 0 aliphatic rings. The van der Waals surface area contributed by atoms with Crippen LogP contribution in [0.5, 0.6) is 11.5 Å². The van der Waals surface area contributed by atoms with E-state index in [0.717, 1.165) is 11.3 Å². The number of nitrogens with zero attached hydrogens (tertiary/aromatic N) is 1. The molecule has 6 heteroatoms. The van der Waals surface area contributed by atoms with Crippen molar-refractivity contribution in [2.24, 2.45) is 5.73 Å². The van der Waals surface area contributed by atoms with Gasteiger partial charge >= 0.3 is 0 Å². The number of hydrogen-bond donors (Lipinski definition) is 1. The van der Waals surface area contributed by atoms with Crippen molar-refractivity contribution >= 4 is 11.8 Å². The Kier molecular flexibility index (Phi) is 6.39. The Hall–Kier alpha value is -3.02. The third-order valence-electron chi connectivity index (χ3n) is 3.51. The first kappa shape index (κ1) is 18.3. The first-order valence-electron chi connectivity index (χ1n) is 7.92. The van der Waals surface area contributed by atoms with Gasteiger partial charge < -0.3 is 20.1 Å². The lowest BCUT2D eigenvalue weighted by Gasteiger charge is -2.18. The van der Waals surface area contributed by atoms with Gasteiger partial charge in [0.05, 0.1) is 6.54 Å². The molecule has 0 unspecified atom stereocenters. The van der Waals surface area contributed by atoms with Crippen molar-refractivity contribution in [3.05, 3.63) is 59.7 Å². The van der Waals surface area contributed by atoms with Crippen LogP contribution >= 0.6 is 0 Å². The second-order valence-electron chi connectivity index (χ2n) is 5.67. The smallest absolute Gasteiger partial charge is 0.255 e. The molecule has 0 saturated heterocycles. The number of hydrogen-bond acceptors (Lipinski definition) is 4. The number of ether oxygens (including phenoxy) is 2. The lowest BCUT2D eigenvalue weighted by Crippen LogP contribution is -2.30. The maximum absolute atomic E-state index is 12.4. The predicted molar refractivity (Wildman–Crippen MR) is 94.8 cm³/mol. The molecule has 2 N–H and O–H groups in total. The maximum atomic E-state index is 12.4. The van der Waals surface area contributed by atoms with Crippen LogP contribution in [0.2, 0.25) is 0 Å². The number of carbonyl (C=O) groups is 2. The Morgan fingerprint density at radius 2 is 1.76 bits per heavy atom. The number of likely N-dealkylation sites (N-methyl/N-ethyl adjacent to an activating group) is 1. The highest BCUT2D eigenvalue weighted by molar-refractivity contribution is 5.94. The highest BCUT2D eigenvalue weighted by Gasteiger charge is 2.12. The van der Waals surface area contributed by atoms with Gasteiger partial charge in [-0.2, -0.15) is 0 Å². The molecule has 132 valence electrons. The summed E-state index contributed by atoms with van der Waals surface area (Å²) in [6, 6.07) is 14.3. The Labute approximate surface area is 147 Å². The van der Waals surface area contributed by atoms with Crippen molar-refractivity contribution in [1.82, 2.24) is 4.90 Å². The lowest BCUT2D eigenvalue weighted by molar-refractivity contribution is -0.119. The first-order chi connectivity index (χ1) is 12.0. The molecule has 0 aliphatic heterocycles. The molecule has 2 amide bonds. The largest absolute Gasteiger partial charge is 0.492 e. The minimum atomic E-state index is -0.548. The van der Waals surface area contributed by atoms with E-state index in [1.54, 1.807) is 36.2 Å². The summed E-state index contributed by atoms with van der Waals surface area (Å²) in [6.45, 7) is 2.68. The van der Waals surface area contributed by atoms with E-state index >= 15 is 0 Å². The Balaban J connectivity index is 1.83. The van der Waals surface area contributed by atoms with E-state index in [1.807, 2.05) is 31.2 Å². The topological polar surface area (TPSA) is 81.9 Å². The highest BCUT2D eigenvalue weighted by atomic mass is 16.5. The minimum Gasteiger partial charge on any atom is -0.492 e. The van der Waals surface area contributed by atoms with Crippen molar-refractivity contribution in [3.8, 4) is 11.5 Å². The van der Waals surface area contributed by atoms with Crippen LogP contribution in [0.1, 0.15) is 15.9 Å². The van der Waals surface area contributed by atoms with Crippen molar-refractivity contribution in [1.29, 1.82) is 0 Å². The number of primary amides is 1. The quantitative estimate of drug-likeness (QED) is 0.795. The van der Waals surface area contributed by atoms with Gasteiger partial charge in [0.15, 0.2) is 6.61 Å². The van der Waals surface area contributed by atoms with Gasteiger partial charge in [0.25, 0.3) is 11.8 Å². The summed E-state index contributed by atoms with van der Waals surface area (Å²) < 4.78 is 10.8. The van der Waals surface area contributed by atoms with Gasteiger partial charge in [-0.3, -0.25) is 9.59 Å². The molecular weight excluding hydrogens is 320 g/mol. The number of rotatable bonds is 8. The molecule has 2 aromatic rings. The van der Waals surface area contributed by atoms with E-state index in [4.69, 9.17) is 15.2 Å². The fraction of sp³-hybridized carbons (Fsp3) is 0.263. The monoisotopic (exact) mass is 342 g/mol. The second kappa shape index (κ2) is 8.73. The van der Waals surface area contributed by atoms with Crippen LogP contribution in [0, 0.1) is 6.92 Å². The van der Waals surface area contributed by atoms with Gasteiger partial charge in [-0.15, -0.1) is 0 Å². The zero-order valence-corrected chi connectivity index (χ0v) is 14.4. The lowest BCUT2D eigenvalue weighted by atomic mass is 10.2.